The van der Waals surface area contributed by atoms with E-state index in [-0.39, 0.29) is 18.0 Å². The maximum Gasteiger partial charge on any atom is 0.311 e. The molecule has 1 heterocycles. The lowest BCUT2D eigenvalue weighted by molar-refractivity contribution is -0.147. The fraction of sp³-hybridized carbons (Fsp3) is 0.462. The molecular weight excluding hydrogens is 220 g/mol. The molecule has 1 saturated heterocycles. The van der Waals surface area contributed by atoms with Gasteiger partial charge in [0, 0.05) is 6.61 Å². The smallest absolute Gasteiger partial charge is 0.311 e. The standard InChI is InChI=1S/C13H16O4/c1-15-10-5-3-9(4-6-10)12-11(7-8-17-12)13(14)16-2/h3-6,11-12H,7-8H2,1-2H3/t11-,12+/m1/s1. The van der Waals surface area contributed by atoms with Crippen molar-refractivity contribution in [3.8, 4) is 5.75 Å². The molecule has 17 heavy (non-hydrogen) atoms. The number of methoxy groups -OCH3 is 2. The maximum absolute atomic E-state index is 11.6. The van der Waals surface area contributed by atoms with E-state index in [2.05, 4.69) is 0 Å². The molecule has 1 fully saturated rings. The lowest BCUT2D eigenvalue weighted by atomic mass is 9.95. The van der Waals surface area contributed by atoms with E-state index in [1.165, 1.54) is 7.11 Å². The highest BCUT2D eigenvalue weighted by atomic mass is 16.5. The van der Waals surface area contributed by atoms with E-state index < -0.39 is 0 Å². The topological polar surface area (TPSA) is 44.8 Å². The largest absolute Gasteiger partial charge is 0.497 e. The average Bonchev–Trinajstić information content (AvgIpc) is 2.87. The van der Waals surface area contributed by atoms with Crippen LogP contribution in [-0.2, 0) is 14.3 Å². The molecule has 1 aromatic rings. The summed E-state index contributed by atoms with van der Waals surface area (Å²) in [5, 5.41) is 0. The van der Waals surface area contributed by atoms with E-state index in [0.717, 1.165) is 11.3 Å². The summed E-state index contributed by atoms with van der Waals surface area (Å²) in [6, 6.07) is 7.58. The number of ether oxygens (including phenoxy) is 3. The second-order valence-electron chi connectivity index (χ2n) is 3.98. The van der Waals surface area contributed by atoms with Gasteiger partial charge in [-0.3, -0.25) is 4.79 Å². The fourth-order valence-corrected chi connectivity index (χ4v) is 2.10. The van der Waals surface area contributed by atoms with Crippen LogP contribution in [0.25, 0.3) is 0 Å². The number of benzene rings is 1. The molecular formula is C13H16O4. The summed E-state index contributed by atoms with van der Waals surface area (Å²) in [6.07, 6.45) is 0.511. The number of hydrogen-bond donors (Lipinski definition) is 0. The first-order valence-corrected chi connectivity index (χ1v) is 5.59. The van der Waals surface area contributed by atoms with Gasteiger partial charge in [0.2, 0.25) is 0 Å². The second-order valence-corrected chi connectivity index (χ2v) is 3.98. The van der Waals surface area contributed by atoms with Crippen LogP contribution in [0.15, 0.2) is 24.3 Å². The highest BCUT2D eigenvalue weighted by Crippen LogP contribution is 2.35. The molecule has 0 spiro atoms. The van der Waals surface area contributed by atoms with Crippen LogP contribution in [0.2, 0.25) is 0 Å². The summed E-state index contributed by atoms with van der Waals surface area (Å²) >= 11 is 0. The molecule has 1 aliphatic heterocycles. The molecule has 0 aliphatic carbocycles. The summed E-state index contributed by atoms with van der Waals surface area (Å²) < 4.78 is 15.5. The van der Waals surface area contributed by atoms with Gasteiger partial charge in [0.15, 0.2) is 0 Å². The summed E-state index contributed by atoms with van der Waals surface area (Å²) in [7, 11) is 3.03. The van der Waals surface area contributed by atoms with Gasteiger partial charge in [-0.25, -0.2) is 0 Å². The minimum Gasteiger partial charge on any atom is -0.497 e. The van der Waals surface area contributed by atoms with Crippen LogP contribution in [-0.4, -0.2) is 26.8 Å². The predicted octanol–water partition coefficient (Wildman–Crippen LogP) is 1.95. The van der Waals surface area contributed by atoms with Crippen molar-refractivity contribution in [2.75, 3.05) is 20.8 Å². The van der Waals surface area contributed by atoms with E-state index >= 15 is 0 Å². The Labute approximate surface area is 100 Å². The molecule has 1 aliphatic rings. The van der Waals surface area contributed by atoms with E-state index in [1.54, 1.807) is 7.11 Å². The van der Waals surface area contributed by atoms with Crippen LogP contribution in [0.3, 0.4) is 0 Å². The molecule has 4 heteroatoms. The molecule has 0 unspecified atom stereocenters. The minimum absolute atomic E-state index is 0.201. The summed E-state index contributed by atoms with van der Waals surface area (Å²) in [4.78, 5) is 11.6. The first-order valence-electron chi connectivity index (χ1n) is 5.59. The van der Waals surface area contributed by atoms with Crippen LogP contribution in [0, 0.1) is 5.92 Å². The van der Waals surface area contributed by atoms with Gasteiger partial charge in [0.1, 0.15) is 5.75 Å². The molecule has 1 aromatic carbocycles. The van der Waals surface area contributed by atoms with E-state index in [0.29, 0.717) is 13.0 Å². The Morgan fingerprint density at radius 3 is 2.59 bits per heavy atom. The molecule has 0 saturated carbocycles. The maximum atomic E-state index is 11.6. The Morgan fingerprint density at radius 2 is 2.00 bits per heavy atom. The second kappa shape index (κ2) is 5.19. The number of rotatable bonds is 3. The molecule has 0 aromatic heterocycles. The summed E-state index contributed by atoms with van der Waals surface area (Å²) in [5.41, 5.74) is 0.985. The van der Waals surface area contributed by atoms with Gasteiger partial charge in [-0.15, -0.1) is 0 Å². The zero-order valence-electron chi connectivity index (χ0n) is 10.0. The third-order valence-corrected chi connectivity index (χ3v) is 3.04. The Morgan fingerprint density at radius 1 is 1.29 bits per heavy atom. The van der Waals surface area contributed by atoms with Gasteiger partial charge in [-0.1, -0.05) is 12.1 Å². The third kappa shape index (κ3) is 2.42. The van der Waals surface area contributed by atoms with Crippen molar-refractivity contribution >= 4 is 5.97 Å². The molecule has 2 rings (SSSR count). The van der Waals surface area contributed by atoms with E-state index in [9.17, 15) is 4.79 Å². The van der Waals surface area contributed by atoms with Crippen LogP contribution >= 0.6 is 0 Å². The number of carbonyl (C=O) groups excluding carboxylic acids is 1. The molecule has 0 bridgehead atoms. The number of carbonyl (C=O) groups is 1. The van der Waals surface area contributed by atoms with Crippen molar-refractivity contribution in [3.05, 3.63) is 29.8 Å². The Hall–Kier alpha value is -1.55. The van der Waals surface area contributed by atoms with E-state index in [4.69, 9.17) is 14.2 Å². The van der Waals surface area contributed by atoms with Crippen molar-refractivity contribution < 1.29 is 19.0 Å². The highest BCUT2D eigenvalue weighted by Gasteiger charge is 2.35. The van der Waals surface area contributed by atoms with Crippen molar-refractivity contribution in [2.24, 2.45) is 5.92 Å². The average molecular weight is 236 g/mol. The Kier molecular flexibility index (Phi) is 3.64. The van der Waals surface area contributed by atoms with Crippen LogP contribution < -0.4 is 4.74 Å². The van der Waals surface area contributed by atoms with E-state index in [1.807, 2.05) is 24.3 Å². The normalized spacial score (nSPS) is 23.4. The first-order chi connectivity index (χ1) is 8.26. The summed E-state index contributed by atoms with van der Waals surface area (Å²) in [6.45, 7) is 0.594. The zero-order valence-corrected chi connectivity index (χ0v) is 10.0. The van der Waals surface area contributed by atoms with Crippen molar-refractivity contribution in [2.45, 2.75) is 12.5 Å². The lowest BCUT2D eigenvalue weighted by Gasteiger charge is -2.17. The lowest BCUT2D eigenvalue weighted by Crippen LogP contribution is -2.19. The number of hydrogen-bond acceptors (Lipinski definition) is 4. The minimum atomic E-state index is -0.205. The van der Waals surface area contributed by atoms with Crippen LogP contribution in [0.5, 0.6) is 5.75 Å². The summed E-state index contributed by atoms with van der Waals surface area (Å²) in [5.74, 6) is 0.387. The first kappa shape index (κ1) is 11.9. The van der Waals surface area contributed by atoms with Gasteiger partial charge >= 0.3 is 5.97 Å². The van der Waals surface area contributed by atoms with Gasteiger partial charge in [-0.2, -0.15) is 0 Å². The van der Waals surface area contributed by atoms with Gasteiger partial charge in [0.05, 0.1) is 26.2 Å². The van der Waals surface area contributed by atoms with Gasteiger partial charge in [-0.05, 0) is 24.1 Å². The van der Waals surface area contributed by atoms with Crippen molar-refractivity contribution in [1.29, 1.82) is 0 Å². The number of esters is 1. The van der Waals surface area contributed by atoms with Crippen LogP contribution in [0.1, 0.15) is 18.1 Å². The molecule has 2 atom stereocenters. The molecule has 0 N–H and O–H groups in total. The molecule has 4 nitrogen and oxygen atoms in total. The third-order valence-electron chi connectivity index (χ3n) is 3.04. The molecule has 0 radical (unpaired) electrons. The van der Waals surface area contributed by atoms with Gasteiger partial charge < -0.3 is 14.2 Å². The van der Waals surface area contributed by atoms with Crippen LogP contribution in [0.4, 0.5) is 0 Å². The quantitative estimate of drug-likeness (QED) is 0.752. The van der Waals surface area contributed by atoms with Gasteiger partial charge in [0.25, 0.3) is 0 Å². The fourth-order valence-electron chi connectivity index (χ4n) is 2.10. The molecule has 0 amide bonds. The Balaban J connectivity index is 2.17. The molecule has 92 valence electrons. The zero-order chi connectivity index (χ0) is 12.3. The SMILES string of the molecule is COC(=O)[C@@H]1CCO[C@H]1c1ccc(OC)cc1. The van der Waals surface area contributed by atoms with Crippen molar-refractivity contribution in [3.63, 3.8) is 0 Å². The predicted molar refractivity (Wildman–Crippen MR) is 61.8 cm³/mol. The van der Waals surface area contributed by atoms with Crippen molar-refractivity contribution in [1.82, 2.24) is 0 Å². The monoisotopic (exact) mass is 236 g/mol. The Bertz CT molecular complexity index is 385. The highest BCUT2D eigenvalue weighted by molar-refractivity contribution is 5.73.